The van der Waals surface area contributed by atoms with Gasteiger partial charge in [-0.2, -0.15) is 0 Å². The number of hydrogen-bond acceptors (Lipinski definition) is 3. The maximum Gasteiger partial charge on any atom is 0.224 e. The number of rotatable bonds is 4. The summed E-state index contributed by atoms with van der Waals surface area (Å²) in [4.78, 5) is 15.6. The van der Waals surface area contributed by atoms with E-state index in [2.05, 4.69) is 10.3 Å². The maximum absolute atomic E-state index is 11.7. The zero-order chi connectivity index (χ0) is 12.1. The Bertz CT molecular complexity index is 374. The van der Waals surface area contributed by atoms with Gasteiger partial charge in [-0.05, 0) is 24.5 Å². The molecule has 0 spiro atoms. The van der Waals surface area contributed by atoms with Crippen molar-refractivity contribution in [3.05, 3.63) is 18.3 Å². The summed E-state index contributed by atoms with van der Waals surface area (Å²) >= 11 is 0. The summed E-state index contributed by atoms with van der Waals surface area (Å²) in [5.74, 6) is 1.29. The molecule has 0 aliphatic heterocycles. The lowest BCUT2D eigenvalue weighted by Crippen LogP contribution is -2.13. The van der Waals surface area contributed by atoms with Crippen molar-refractivity contribution >= 4 is 29.8 Å². The number of aromatic nitrogens is 1. The number of nitrogen functional groups attached to an aromatic ring is 1. The van der Waals surface area contributed by atoms with Gasteiger partial charge in [0.25, 0.3) is 0 Å². The number of carbonyl (C=O) groups excluding carboxylic acids is 1. The quantitative estimate of drug-likeness (QED) is 0.883. The van der Waals surface area contributed by atoms with Crippen LogP contribution in [0.5, 0.6) is 0 Å². The van der Waals surface area contributed by atoms with Gasteiger partial charge in [-0.25, -0.2) is 4.98 Å². The molecule has 5 heteroatoms. The van der Waals surface area contributed by atoms with Crippen molar-refractivity contribution in [3.63, 3.8) is 0 Å². The third-order valence-corrected chi connectivity index (χ3v) is 3.32. The standard InChI is InChI=1S/C13H19N3O.ClH/c14-12-7-6-11(9-15-12)16-13(17)8-5-10-3-1-2-4-10;/h6-7,9-10H,1-5,8H2,(H2,14,15)(H,16,17);1H. The lowest BCUT2D eigenvalue weighted by molar-refractivity contribution is -0.116. The second-order valence-electron chi connectivity index (χ2n) is 4.71. The third kappa shape index (κ3) is 4.53. The van der Waals surface area contributed by atoms with Crippen molar-refractivity contribution in [2.24, 2.45) is 5.92 Å². The van der Waals surface area contributed by atoms with Gasteiger partial charge < -0.3 is 11.1 Å². The normalized spacial score (nSPS) is 15.1. The zero-order valence-electron chi connectivity index (χ0n) is 10.4. The molecule has 1 heterocycles. The molecule has 18 heavy (non-hydrogen) atoms. The predicted molar refractivity (Wildman–Crippen MR) is 75.7 cm³/mol. The van der Waals surface area contributed by atoms with E-state index < -0.39 is 0 Å². The summed E-state index contributed by atoms with van der Waals surface area (Å²) in [6, 6.07) is 3.46. The van der Waals surface area contributed by atoms with Gasteiger partial charge in [0.15, 0.2) is 0 Å². The summed E-state index contributed by atoms with van der Waals surface area (Å²) in [5.41, 5.74) is 6.19. The fourth-order valence-electron chi connectivity index (χ4n) is 2.34. The van der Waals surface area contributed by atoms with E-state index >= 15 is 0 Å². The molecule has 0 radical (unpaired) electrons. The number of hydrogen-bond donors (Lipinski definition) is 2. The molecule has 1 aliphatic rings. The van der Waals surface area contributed by atoms with Crippen LogP contribution >= 0.6 is 12.4 Å². The van der Waals surface area contributed by atoms with E-state index in [0.717, 1.165) is 18.0 Å². The molecule has 1 amide bonds. The monoisotopic (exact) mass is 269 g/mol. The Kier molecular flexibility index (Phi) is 5.92. The average molecular weight is 270 g/mol. The molecular weight excluding hydrogens is 250 g/mol. The van der Waals surface area contributed by atoms with Crippen molar-refractivity contribution in [2.75, 3.05) is 11.1 Å². The molecule has 1 saturated carbocycles. The van der Waals surface area contributed by atoms with Gasteiger partial charge in [0.2, 0.25) is 5.91 Å². The van der Waals surface area contributed by atoms with Crippen molar-refractivity contribution in [2.45, 2.75) is 38.5 Å². The molecule has 0 aromatic carbocycles. The van der Waals surface area contributed by atoms with Gasteiger partial charge in [0.05, 0.1) is 11.9 Å². The van der Waals surface area contributed by atoms with Crippen LogP contribution in [0.3, 0.4) is 0 Å². The number of halogens is 1. The molecule has 0 bridgehead atoms. The summed E-state index contributed by atoms with van der Waals surface area (Å²) in [7, 11) is 0. The number of amides is 1. The largest absolute Gasteiger partial charge is 0.384 e. The highest BCUT2D eigenvalue weighted by Gasteiger charge is 2.16. The number of nitrogens with one attached hydrogen (secondary N) is 1. The summed E-state index contributed by atoms with van der Waals surface area (Å²) in [6.07, 6.45) is 8.43. The molecule has 0 atom stereocenters. The van der Waals surface area contributed by atoms with Gasteiger partial charge in [-0.1, -0.05) is 25.7 Å². The minimum atomic E-state index is 0. The van der Waals surface area contributed by atoms with Crippen molar-refractivity contribution in [3.8, 4) is 0 Å². The molecular formula is C13H20ClN3O. The number of pyridine rings is 1. The molecule has 2 rings (SSSR count). The fraction of sp³-hybridized carbons (Fsp3) is 0.538. The fourth-order valence-corrected chi connectivity index (χ4v) is 2.34. The van der Waals surface area contributed by atoms with E-state index in [4.69, 9.17) is 5.73 Å². The van der Waals surface area contributed by atoms with Gasteiger partial charge in [-0.3, -0.25) is 4.79 Å². The Hall–Kier alpha value is -1.29. The van der Waals surface area contributed by atoms with E-state index in [9.17, 15) is 4.79 Å². The Balaban J connectivity index is 0.00000162. The number of nitrogens with two attached hydrogens (primary N) is 1. The SMILES string of the molecule is Cl.Nc1ccc(NC(=O)CCC2CCCC2)cn1. The van der Waals surface area contributed by atoms with Crippen LogP contribution in [0.15, 0.2) is 18.3 Å². The van der Waals surface area contributed by atoms with Gasteiger partial charge in [-0.15, -0.1) is 12.4 Å². The predicted octanol–water partition coefficient (Wildman–Crippen LogP) is 2.99. The topological polar surface area (TPSA) is 68.0 Å². The van der Waals surface area contributed by atoms with Crippen LogP contribution in [0.25, 0.3) is 0 Å². The Morgan fingerprint density at radius 1 is 1.39 bits per heavy atom. The Morgan fingerprint density at radius 3 is 2.72 bits per heavy atom. The molecule has 0 saturated heterocycles. The molecule has 3 N–H and O–H groups in total. The van der Waals surface area contributed by atoms with Crippen molar-refractivity contribution in [1.29, 1.82) is 0 Å². The third-order valence-electron chi connectivity index (χ3n) is 3.32. The molecule has 1 fully saturated rings. The zero-order valence-corrected chi connectivity index (χ0v) is 11.2. The van der Waals surface area contributed by atoms with Crippen LogP contribution in [0, 0.1) is 5.92 Å². The summed E-state index contributed by atoms with van der Waals surface area (Å²) < 4.78 is 0. The van der Waals surface area contributed by atoms with Crippen molar-refractivity contribution < 1.29 is 4.79 Å². The Morgan fingerprint density at radius 2 is 2.11 bits per heavy atom. The number of nitrogens with zero attached hydrogens (tertiary/aromatic N) is 1. The summed E-state index contributed by atoms with van der Waals surface area (Å²) in [6.45, 7) is 0. The highest BCUT2D eigenvalue weighted by Crippen LogP contribution is 2.28. The first kappa shape index (κ1) is 14.8. The lowest BCUT2D eigenvalue weighted by Gasteiger charge is -2.08. The van der Waals surface area contributed by atoms with Crippen LogP contribution in [0.2, 0.25) is 0 Å². The van der Waals surface area contributed by atoms with Crippen LogP contribution < -0.4 is 11.1 Å². The van der Waals surface area contributed by atoms with E-state index in [0.29, 0.717) is 12.2 Å². The molecule has 0 unspecified atom stereocenters. The number of carbonyl (C=O) groups is 1. The van der Waals surface area contributed by atoms with Gasteiger partial charge in [0.1, 0.15) is 5.82 Å². The highest BCUT2D eigenvalue weighted by atomic mass is 35.5. The molecule has 1 aromatic heterocycles. The first-order valence-electron chi connectivity index (χ1n) is 6.25. The smallest absolute Gasteiger partial charge is 0.224 e. The van der Waals surface area contributed by atoms with Crippen LogP contribution in [-0.4, -0.2) is 10.9 Å². The first-order chi connectivity index (χ1) is 8.24. The highest BCUT2D eigenvalue weighted by molar-refractivity contribution is 5.90. The summed E-state index contributed by atoms with van der Waals surface area (Å²) in [5, 5.41) is 2.84. The van der Waals surface area contributed by atoms with E-state index in [-0.39, 0.29) is 18.3 Å². The van der Waals surface area contributed by atoms with E-state index in [1.165, 1.54) is 25.7 Å². The molecule has 1 aliphatic carbocycles. The molecule has 4 nitrogen and oxygen atoms in total. The van der Waals surface area contributed by atoms with E-state index in [1.807, 2.05) is 0 Å². The second-order valence-corrected chi connectivity index (χ2v) is 4.71. The average Bonchev–Trinajstić information content (AvgIpc) is 2.83. The van der Waals surface area contributed by atoms with Crippen LogP contribution in [-0.2, 0) is 4.79 Å². The van der Waals surface area contributed by atoms with Crippen LogP contribution in [0.4, 0.5) is 11.5 Å². The molecule has 100 valence electrons. The van der Waals surface area contributed by atoms with Gasteiger partial charge in [0, 0.05) is 6.42 Å². The first-order valence-corrected chi connectivity index (χ1v) is 6.25. The van der Waals surface area contributed by atoms with E-state index in [1.54, 1.807) is 18.3 Å². The minimum Gasteiger partial charge on any atom is -0.384 e. The van der Waals surface area contributed by atoms with Crippen molar-refractivity contribution in [1.82, 2.24) is 4.98 Å². The lowest BCUT2D eigenvalue weighted by atomic mass is 10.0. The second kappa shape index (κ2) is 7.21. The minimum absolute atomic E-state index is 0. The Labute approximate surface area is 114 Å². The molecule has 1 aromatic rings. The number of anilines is 2. The maximum atomic E-state index is 11.7. The van der Waals surface area contributed by atoms with Gasteiger partial charge >= 0.3 is 0 Å². The van der Waals surface area contributed by atoms with Crippen LogP contribution in [0.1, 0.15) is 38.5 Å².